The fraction of sp³-hybridized carbons (Fsp3) is 0.429. The van der Waals surface area contributed by atoms with Crippen LogP contribution >= 0.6 is 0 Å². The molecule has 0 radical (unpaired) electrons. The molecule has 0 spiro atoms. The summed E-state index contributed by atoms with van der Waals surface area (Å²) < 4.78 is 27.6. The highest BCUT2D eigenvalue weighted by molar-refractivity contribution is 7.91. The Kier molecular flexibility index (Phi) is 6.07. The summed E-state index contributed by atoms with van der Waals surface area (Å²) in [5, 5.41) is 0. The van der Waals surface area contributed by atoms with Crippen LogP contribution in [-0.4, -0.2) is 45.5 Å². The molecule has 0 saturated carbocycles. The van der Waals surface area contributed by atoms with Gasteiger partial charge in [-0.15, -0.1) is 0 Å². The van der Waals surface area contributed by atoms with Crippen molar-refractivity contribution in [3.63, 3.8) is 0 Å². The van der Waals surface area contributed by atoms with Gasteiger partial charge in [-0.3, -0.25) is 9.62 Å². The highest BCUT2D eigenvalue weighted by Gasteiger charge is 2.19. The number of benzene rings is 2. The maximum atomic E-state index is 12.4. The lowest BCUT2D eigenvalue weighted by Crippen LogP contribution is -2.48. The normalized spacial score (nSPS) is 15.9. The van der Waals surface area contributed by atoms with Gasteiger partial charge in [0.2, 0.25) is 10.0 Å². The Labute approximate surface area is 163 Å². The van der Waals surface area contributed by atoms with Crippen LogP contribution in [0.5, 0.6) is 0 Å². The molecule has 6 heteroatoms. The largest absolute Gasteiger partial charge is 0.369 e. The molecule has 2 aromatic carbocycles. The third-order valence-corrected chi connectivity index (χ3v) is 6.25. The monoisotopic (exact) mass is 387 g/mol. The second-order valence-electron chi connectivity index (χ2n) is 7.51. The van der Waals surface area contributed by atoms with Gasteiger partial charge in [0.15, 0.2) is 0 Å². The topological polar surface area (TPSA) is 52.7 Å². The molecular formula is C21H29N3O2S. The summed E-state index contributed by atoms with van der Waals surface area (Å²) in [6, 6.07) is 15.8. The Bertz CT molecular complexity index is 855. The number of sulfonamides is 1. The molecule has 0 aromatic heterocycles. The zero-order chi connectivity index (χ0) is 19.4. The van der Waals surface area contributed by atoms with Crippen LogP contribution in [0.2, 0.25) is 0 Å². The smallest absolute Gasteiger partial charge is 0.236 e. The van der Waals surface area contributed by atoms with Gasteiger partial charge in [0.25, 0.3) is 0 Å². The summed E-state index contributed by atoms with van der Waals surface area (Å²) in [6.07, 6.45) is 0. The van der Waals surface area contributed by atoms with E-state index >= 15 is 0 Å². The van der Waals surface area contributed by atoms with Gasteiger partial charge in [0.05, 0.1) is 5.75 Å². The van der Waals surface area contributed by atoms with Gasteiger partial charge in [-0.2, -0.15) is 0 Å². The van der Waals surface area contributed by atoms with Gasteiger partial charge in [-0.1, -0.05) is 29.8 Å². The lowest BCUT2D eigenvalue weighted by Gasteiger charge is -2.38. The molecular weight excluding hydrogens is 358 g/mol. The molecule has 2 aromatic rings. The van der Waals surface area contributed by atoms with Crippen LogP contribution in [-0.2, 0) is 15.8 Å². The van der Waals surface area contributed by atoms with Gasteiger partial charge >= 0.3 is 0 Å². The molecule has 146 valence electrons. The molecule has 0 aliphatic carbocycles. The van der Waals surface area contributed by atoms with Gasteiger partial charge in [-0.05, 0) is 50.6 Å². The number of aryl methyl sites for hydroxylation is 1. The number of hydrogen-bond donors (Lipinski definition) is 1. The summed E-state index contributed by atoms with van der Waals surface area (Å²) in [4.78, 5) is 4.83. The Morgan fingerprint density at radius 3 is 2.26 bits per heavy atom. The van der Waals surface area contributed by atoms with Crippen molar-refractivity contribution in [1.29, 1.82) is 0 Å². The van der Waals surface area contributed by atoms with Crippen LogP contribution in [0.3, 0.4) is 0 Å². The predicted molar refractivity (Wildman–Crippen MR) is 113 cm³/mol. The van der Waals surface area contributed by atoms with E-state index in [1.165, 1.54) is 0 Å². The number of nitrogens with zero attached hydrogens (tertiary/aromatic N) is 2. The van der Waals surface area contributed by atoms with Gasteiger partial charge < -0.3 is 4.90 Å². The number of anilines is 2. The van der Waals surface area contributed by atoms with Crippen LogP contribution in [0.15, 0.2) is 48.5 Å². The molecule has 5 nitrogen and oxygen atoms in total. The first kappa shape index (κ1) is 19.7. The van der Waals surface area contributed by atoms with Crippen molar-refractivity contribution >= 4 is 21.4 Å². The van der Waals surface area contributed by atoms with Crippen molar-refractivity contribution < 1.29 is 8.42 Å². The molecule has 1 N–H and O–H groups in total. The van der Waals surface area contributed by atoms with Crippen LogP contribution in [0.25, 0.3) is 0 Å². The minimum absolute atomic E-state index is 0.0202. The summed E-state index contributed by atoms with van der Waals surface area (Å²) in [5.74, 6) is -0.0202. The van der Waals surface area contributed by atoms with E-state index in [4.69, 9.17) is 0 Å². The van der Waals surface area contributed by atoms with E-state index in [-0.39, 0.29) is 5.75 Å². The van der Waals surface area contributed by atoms with Crippen molar-refractivity contribution in [2.75, 3.05) is 35.8 Å². The second-order valence-corrected chi connectivity index (χ2v) is 9.24. The average molecular weight is 388 g/mol. The third-order valence-electron chi connectivity index (χ3n) is 4.99. The molecule has 3 rings (SSSR count). The van der Waals surface area contributed by atoms with Gasteiger partial charge in [-0.25, -0.2) is 8.42 Å². The molecule has 0 atom stereocenters. The molecule has 1 aliphatic heterocycles. The van der Waals surface area contributed by atoms with Crippen molar-refractivity contribution in [1.82, 2.24) is 4.90 Å². The highest BCUT2D eigenvalue weighted by Crippen LogP contribution is 2.21. The quantitative estimate of drug-likeness (QED) is 0.825. The van der Waals surface area contributed by atoms with E-state index in [1.807, 2.05) is 55.5 Å². The number of rotatable bonds is 6. The summed E-state index contributed by atoms with van der Waals surface area (Å²) in [7, 11) is -3.43. The van der Waals surface area contributed by atoms with Crippen molar-refractivity contribution in [3.05, 3.63) is 59.7 Å². The van der Waals surface area contributed by atoms with E-state index in [0.29, 0.717) is 11.7 Å². The van der Waals surface area contributed by atoms with Crippen molar-refractivity contribution in [2.45, 2.75) is 32.6 Å². The van der Waals surface area contributed by atoms with E-state index in [2.05, 4.69) is 28.4 Å². The summed E-state index contributed by atoms with van der Waals surface area (Å²) in [5.41, 5.74) is 3.60. The third kappa shape index (κ3) is 5.47. The van der Waals surface area contributed by atoms with Crippen molar-refractivity contribution in [2.24, 2.45) is 0 Å². The Balaban J connectivity index is 1.60. The Hall–Kier alpha value is -2.05. The first-order chi connectivity index (χ1) is 12.8. The minimum atomic E-state index is -3.43. The minimum Gasteiger partial charge on any atom is -0.369 e. The predicted octanol–water partition coefficient (Wildman–Crippen LogP) is 3.47. The van der Waals surface area contributed by atoms with Gasteiger partial charge in [0, 0.05) is 43.6 Å². The number of nitrogens with one attached hydrogen (secondary N) is 1. The average Bonchev–Trinajstić information content (AvgIpc) is 2.61. The van der Waals surface area contributed by atoms with Crippen LogP contribution in [0, 0.1) is 6.92 Å². The maximum Gasteiger partial charge on any atom is 0.236 e. The van der Waals surface area contributed by atoms with Crippen LogP contribution in [0.4, 0.5) is 11.4 Å². The molecule has 0 amide bonds. The zero-order valence-corrected chi connectivity index (χ0v) is 17.2. The lowest BCUT2D eigenvalue weighted by atomic mass is 10.2. The molecule has 1 heterocycles. The fourth-order valence-corrected chi connectivity index (χ4v) is 4.66. The van der Waals surface area contributed by atoms with Crippen LogP contribution < -0.4 is 9.62 Å². The molecule has 1 aliphatic rings. The van der Waals surface area contributed by atoms with E-state index in [9.17, 15) is 8.42 Å². The first-order valence-corrected chi connectivity index (χ1v) is 11.1. The summed E-state index contributed by atoms with van der Waals surface area (Å²) in [6.45, 7) is 10.5. The highest BCUT2D eigenvalue weighted by atomic mass is 32.2. The lowest BCUT2D eigenvalue weighted by molar-refractivity contribution is 0.209. The maximum absolute atomic E-state index is 12.4. The molecule has 0 unspecified atom stereocenters. The first-order valence-electron chi connectivity index (χ1n) is 9.47. The van der Waals surface area contributed by atoms with E-state index < -0.39 is 10.0 Å². The van der Waals surface area contributed by atoms with E-state index in [0.717, 1.165) is 43.0 Å². The SMILES string of the molecule is Cc1cccc(CS(=O)(=O)Nc2ccc(N3CCN(C(C)C)CC3)cc2)c1. The molecule has 0 bridgehead atoms. The fourth-order valence-electron chi connectivity index (χ4n) is 3.47. The van der Waals surface area contributed by atoms with Crippen LogP contribution in [0.1, 0.15) is 25.0 Å². The van der Waals surface area contributed by atoms with E-state index in [1.54, 1.807) is 0 Å². The van der Waals surface area contributed by atoms with Crippen molar-refractivity contribution in [3.8, 4) is 0 Å². The standard InChI is InChI=1S/C21H29N3O2S/c1-17(2)23-11-13-24(14-12-23)21-9-7-20(8-10-21)22-27(25,26)16-19-6-4-5-18(3)15-19/h4-10,15,17,22H,11-14,16H2,1-3H3. The number of hydrogen-bond acceptors (Lipinski definition) is 4. The second kappa shape index (κ2) is 8.31. The Morgan fingerprint density at radius 1 is 1.00 bits per heavy atom. The van der Waals surface area contributed by atoms with Gasteiger partial charge in [0.1, 0.15) is 0 Å². The number of piperazine rings is 1. The Morgan fingerprint density at radius 2 is 1.67 bits per heavy atom. The molecule has 27 heavy (non-hydrogen) atoms. The molecule has 1 fully saturated rings. The zero-order valence-electron chi connectivity index (χ0n) is 16.4. The summed E-state index contributed by atoms with van der Waals surface area (Å²) >= 11 is 0. The molecule has 1 saturated heterocycles.